The fourth-order valence-corrected chi connectivity index (χ4v) is 2.54. The van der Waals surface area contributed by atoms with E-state index in [0.717, 1.165) is 5.01 Å². The maximum atomic E-state index is 12.3. The summed E-state index contributed by atoms with van der Waals surface area (Å²) in [5.74, 6) is -1.55. The van der Waals surface area contributed by atoms with Gasteiger partial charge in [0.05, 0.1) is 0 Å². The Morgan fingerprint density at radius 3 is 2.63 bits per heavy atom. The smallest absolute Gasteiger partial charge is 0.326 e. The van der Waals surface area contributed by atoms with E-state index >= 15 is 0 Å². The summed E-state index contributed by atoms with van der Waals surface area (Å²) in [4.78, 5) is 36.2. The summed E-state index contributed by atoms with van der Waals surface area (Å²) in [5, 5.41) is 14.3. The van der Waals surface area contributed by atoms with Gasteiger partial charge in [-0.15, -0.1) is 0 Å². The van der Waals surface area contributed by atoms with Crippen molar-refractivity contribution in [2.24, 2.45) is 11.0 Å². The third-order valence-electron chi connectivity index (χ3n) is 3.67. The summed E-state index contributed by atoms with van der Waals surface area (Å²) in [6.07, 6.45) is 1.19. The van der Waals surface area contributed by atoms with Gasteiger partial charge in [-0.25, -0.2) is 9.80 Å². The number of carboxylic acid groups (broad SMARTS) is 1. The zero-order chi connectivity index (χ0) is 14.2. The van der Waals surface area contributed by atoms with Gasteiger partial charge in [0.2, 0.25) is 5.91 Å². The predicted octanol–water partition coefficient (Wildman–Crippen LogP) is -0.0838. The van der Waals surface area contributed by atoms with Gasteiger partial charge in [-0.3, -0.25) is 9.59 Å². The summed E-state index contributed by atoms with van der Waals surface area (Å²) in [6, 6.07) is -0.793. The molecule has 2 atom stereocenters. The van der Waals surface area contributed by atoms with Crippen molar-refractivity contribution in [3.8, 4) is 0 Å². The zero-order valence-electron chi connectivity index (χ0n) is 11.0. The molecule has 0 spiro atoms. The third-order valence-corrected chi connectivity index (χ3v) is 3.67. The number of likely N-dealkylation sites (tertiary alicyclic amines) is 1. The monoisotopic (exact) mass is 267 g/mol. The Bertz CT molecular complexity index is 460. The highest BCUT2D eigenvalue weighted by molar-refractivity contribution is 6.39. The zero-order valence-corrected chi connectivity index (χ0v) is 11.0. The summed E-state index contributed by atoms with van der Waals surface area (Å²) >= 11 is 0. The third kappa shape index (κ3) is 2.45. The molecule has 19 heavy (non-hydrogen) atoms. The van der Waals surface area contributed by atoms with Crippen molar-refractivity contribution in [1.82, 2.24) is 9.91 Å². The van der Waals surface area contributed by atoms with Gasteiger partial charge in [-0.1, -0.05) is 6.92 Å². The molecule has 1 saturated heterocycles. The molecule has 2 amide bonds. The van der Waals surface area contributed by atoms with Crippen molar-refractivity contribution in [3.05, 3.63) is 0 Å². The molecule has 0 aromatic carbocycles. The first-order chi connectivity index (χ1) is 8.91. The lowest BCUT2D eigenvalue weighted by Gasteiger charge is -2.26. The van der Waals surface area contributed by atoms with Crippen LogP contribution in [0.1, 0.15) is 26.2 Å². The first kappa shape index (κ1) is 13.5. The van der Waals surface area contributed by atoms with Crippen LogP contribution < -0.4 is 0 Å². The lowest BCUT2D eigenvalue weighted by Crippen LogP contribution is -2.47. The number of aliphatic carboxylic acids is 1. The fraction of sp³-hybridized carbons (Fsp3) is 0.667. The minimum atomic E-state index is -0.987. The first-order valence-electron chi connectivity index (χ1n) is 6.29. The number of hydrogen-bond acceptors (Lipinski definition) is 4. The molecule has 0 aromatic heterocycles. The molecule has 104 valence electrons. The average Bonchev–Trinajstić information content (AvgIpc) is 2.74. The average molecular weight is 267 g/mol. The number of rotatable bonds is 2. The summed E-state index contributed by atoms with van der Waals surface area (Å²) in [6.45, 7) is 2.25. The molecule has 2 rings (SSSR count). The van der Waals surface area contributed by atoms with E-state index in [2.05, 4.69) is 5.10 Å². The largest absolute Gasteiger partial charge is 0.480 e. The van der Waals surface area contributed by atoms with Crippen LogP contribution in [-0.4, -0.2) is 58.1 Å². The van der Waals surface area contributed by atoms with Crippen LogP contribution in [0.15, 0.2) is 5.10 Å². The molecule has 2 heterocycles. The number of carbonyl (C=O) groups excluding carboxylic acids is 2. The maximum absolute atomic E-state index is 12.3. The van der Waals surface area contributed by atoms with Crippen LogP contribution in [0.4, 0.5) is 0 Å². The van der Waals surface area contributed by atoms with Gasteiger partial charge < -0.3 is 10.0 Å². The van der Waals surface area contributed by atoms with Gasteiger partial charge in [0.25, 0.3) is 5.91 Å². The van der Waals surface area contributed by atoms with Crippen molar-refractivity contribution in [2.75, 3.05) is 13.6 Å². The second-order valence-electron chi connectivity index (χ2n) is 5.01. The molecule has 2 unspecified atom stereocenters. The van der Waals surface area contributed by atoms with E-state index in [1.165, 1.54) is 11.9 Å². The van der Waals surface area contributed by atoms with E-state index in [9.17, 15) is 19.5 Å². The van der Waals surface area contributed by atoms with E-state index in [0.29, 0.717) is 13.0 Å². The molecule has 2 aliphatic heterocycles. The molecule has 7 heteroatoms. The Morgan fingerprint density at radius 1 is 1.37 bits per heavy atom. The van der Waals surface area contributed by atoms with Crippen molar-refractivity contribution in [3.63, 3.8) is 0 Å². The number of hydrogen-bond donors (Lipinski definition) is 1. The molecule has 0 bridgehead atoms. The quantitative estimate of drug-likeness (QED) is 0.757. The van der Waals surface area contributed by atoms with Crippen LogP contribution >= 0.6 is 0 Å². The highest BCUT2D eigenvalue weighted by Gasteiger charge is 2.41. The number of amides is 2. The molecule has 0 aliphatic carbocycles. The second kappa shape index (κ2) is 4.99. The summed E-state index contributed by atoms with van der Waals surface area (Å²) in [5.41, 5.74) is 0.266. The highest BCUT2D eigenvalue weighted by atomic mass is 16.4. The van der Waals surface area contributed by atoms with Gasteiger partial charge in [-0.05, 0) is 12.3 Å². The molecular formula is C12H17N3O4. The van der Waals surface area contributed by atoms with Crippen molar-refractivity contribution >= 4 is 23.5 Å². The van der Waals surface area contributed by atoms with Crippen molar-refractivity contribution < 1.29 is 19.5 Å². The molecule has 0 saturated carbocycles. The Labute approximate surface area is 110 Å². The number of hydrazone groups is 1. The standard InChI is InChI=1S/C12H17N3O4/c1-7-5-6-15(10(7)12(18)19)11(17)8-3-4-9(16)14(2)13-8/h7,10H,3-6H2,1-2H3,(H,18,19). The second-order valence-corrected chi connectivity index (χ2v) is 5.01. The minimum absolute atomic E-state index is 0.0648. The van der Waals surface area contributed by atoms with Crippen molar-refractivity contribution in [2.45, 2.75) is 32.2 Å². The highest BCUT2D eigenvalue weighted by Crippen LogP contribution is 2.25. The predicted molar refractivity (Wildman–Crippen MR) is 66.4 cm³/mol. The van der Waals surface area contributed by atoms with E-state index in [1.807, 2.05) is 6.92 Å². The molecule has 0 aromatic rings. The Hall–Kier alpha value is -1.92. The Kier molecular flexibility index (Phi) is 3.55. The normalized spacial score (nSPS) is 27.5. The Morgan fingerprint density at radius 2 is 2.05 bits per heavy atom. The van der Waals surface area contributed by atoms with Crippen LogP contribution in [-0.2, 0) is 14.4 Å². The molecule has 1 N–H and O–H groups in total. The van der Waals surface area contributed by atoms with Crippen LogP contribution in [0.2, 0.25) is 0 Å². The fourth-order valence-electron chi connectivity index (χ4n) is 2.54. The van der Waals surface area contributed by atoms with Crippen LogP contribution in [0, 0.1) is 5.92 Å². The SMILES string of the molecule is CC1CCN(C(=O)C2=NN(C)C(=O)CC2)C1C(=O)O. The lowest BCUT2D eigenvalue weighted by molar-refractivity contribution is -0.147. The van der Waals surface area contributed by atoms with Crippen LogP contribution in [0.3, 0.4) is 0 Å². The lowest BCUT2D eigenvalue weighted by atomic mass is 10.0. The maximum Gasteiger partial charge on any atom is 0.326 e. The molecule has 7 nitrogen and oxygen atoms in total. The molecule has 2 aliphatic rings. The van der Waals surface area contributed by atoms with Gasteiger partial charge in [0, 0.05) is 26.4 Å². The number of carbonyl (C=O) groups is 3. The first-order valence-corrected chi connectivity index (χ1v) is 6.29. The number of carboxylic acids is 1. The van der Waals surface area contributed by atoms with E-state index in [4.69, 9.17) is 0 Å². The Balaban J connectivity index is 2.18. The topological polar surface area (TPSA) is 90.3 Å². The van der Waals surface area contributed by atoms with Crippen LogP contribution in [0.5, 0.6) is 0 Å². The molecule has 0 radical (unpaired) electrons. The van der Waals surface area contributed by atoms with E-state index in [-0.39, 0.29) is 36.3 Å². The number of nitrogens with zero attached hydrogens (tertiary/aromatic N) is 3. The van der Waals surface area contributed by atoms with Gasteiger partial charge >= 0.3 is 5.97 Å². The van der Waals surface area contributed by atoms with Gasteiger partial charge in [-0.2, -0.15) is 5.10 Å². The summed E-state index contributed by atoms with van der Waals surface area (Å²) in [7, 11) is 1.50. The van der Waals surface area contributed by atoms with Crippen molar-refractivity contribution in [1.29, 1.82) is 0 Å². The van der Waals surface area contributed by atoms with Gasteiger partial charge in [0.1, 0.15) is 11.8 Å². The summed E-state index contributed by atoms with van der Waals surface area (Å²) < 4.78 is 0. The molecular weight excluding hydrogens is 250 g/mol. The minimum Gasteiger partial charge on any atom is -0.480 e. The van der Waals surface area contributed by atoms with Gasteiger partial charge in [0.15, 0.2) is 0 Å². The van der Waals surface area contributed by atoms with E-state index < -0.39 is 12.0 Å². The van der Waals surface area contributed by atoms with E-state index in [1.54, 1.807) is 0 Å². The molecule has 1 fully saturated rings. The van der Waals surface area contributed by atoms with Crippen LogP contribution in [0.25, 0.3) is 0 Å².